The number of carbonyl (C=O) groups is 1. The van der Waals surface area contributed by atoms with Crippen molar-refractivity contribution in [1.82, 2.24) is 0 Å². The fourth-order valence-corrected chi connectivity index (χ4v) is 3.72. The standard InChI is InChI=1S/C8H18O3Si/c1-4-12(5-2,6-3)11-8(10)7-9/h9H,4-7H2,1-3H3. The zero-order valence-electron chi connectivity index (χ0n) is 8.09. The average Bonchev–Trinajstić information content (AvgIpc) is 2.14. The Labute approximate surface area is 74.9 Å². The molecule has 4 heteroatoms. The van der Waals surface area contributed by atoms with Crippen LogP contribution < -0.4 is 0 Å². The van der Waals surface area contributed by atoms with Gasteiger partial charge >= 0.3 is 5.97 Å². The highest BCUT2D eigenvalue weighted by Crippen LogP contribution is 2.21. The number of carbonyl (C=O) groups excluding carboxylic acids is 1. The lowest BCUT2D eigenvalue weighted by Gasteiger charge is -2.26. The second kappa shape index (κ2) is 5.32. The molecule has 0 unspecified atom stereocenters. The molecule has 0 aromatic carbocycles. The van der Waals surface area contributed by atoms with Gasteiger partial charge in [-0.05, 0) is 18.1 Å². The maximum Gasteiger partial charge on any atom is 0.318 e. The molecule has 0 bridgehead atoms. The van der Waals surface area contributed by atoms with Crippen LogP contribution in [-0.2, 0) is 9.22 Å². The second-order valence-electron chi connectivity index (χ2n) is 2.88. The molecule has 0 saturated heterocycles. The molecule has 0 fully saturated rings. The quantitative estimate of drug-likeness (QED) is 0.669. The molecule has 3 nitrogen and oxygen atoms in total. The van der Waals surface area contributed by atoms with Crippen LogP contribution in [0.15, 0.2) is 0 Å². The van der Waals surface area contributed by atoms with Gasteiger partial charge in [0.2, 0.25) is 0 Å². The van der Waals surface area contributed by atoms with E-state index in [9.17, 15) is 4.79 Å². The minimum absolute atomic E-state index is 0.466. The molecule has 0 aliphatic carbocycles. The van der Waals surface area contributed by atoms with Crippen molar-refractivity contribution in [1.29, 1.82) is 0 Å². The van der Waals surface area contributed by atoms with Crippen LogP contribution in [0.5, 0.6) is 0 Å². The van der Waals surface area contributed by atoms with Gasteiger partial charge in [0.1, 0.15) is 6.61 Å². The van der Waals surface area contributed by atoms with Crippen molar-refractivity contribution in [3.63, 3.8) is 0 Å². The summed E-state index contributed by atoms with van der Waals surface area (Å²) in [6, 6.07) is 2.81. The molecule has 0 heterocycles. The van der Waals surface area contributed by atoms with E-state index in [1.807, 2.05) is 20.8 Å². The predicted molar refractivity (Wildman–Crippen MR) is 50.4 cm³/mol. The van der Waals surface area contributed by atoms with Gasteiger partial charge in [-0.1, -0.05) is 20.8 Å². The van der Waals surface area contributed by atoms with Crippen molar-refractivity contribution in [2.45, 2.75) is 38.9 Å². The van der Waals surface area contributed by atoms with Gasteiger partial charge in [0.25, 0.3) is 8.32 Å². The third kappa shape index (κ3) is 2.95. The van der Waals surface area contributed by atoms with E-state index in [1.165, 1.54) is 0 Å². The molecule has 0 amide bonds. The minimum Gasteiger partial charge on any atom is -0.517 e. The fourth-order valence-electron chi connectivity index (χ4n) is 1.24. The van der Waals surface area contributed by atoms with Gasteiger partial charge in [0.15, 0.2) is 0 Å². The molecule has 12 heavy (non-hydrogen) atoms. The molecule has 0 aromatic heterocycles. The van der Waals surface area contributed by atoms with Gasteiger partial charge < -0.3 is 9.53 Å². The second-order valence-corrected chi connectivity index (χ2v) is 7.57. The van der Waals surface area contributed by atoms with E-state index in [0.29, 0.717) is 0 Å². The van der Waals surface area contributed by atoms with Crippen LogP contribution in [0.2, 0.25) is 18.1 Å². The van der Waals surface area contributed by atoms with E-state index in [2.05, 4.69) is 0 Å². The first-order chi connectivity index (χ1) is 5.64. The van der Waals surface area contributed by atoms with Crippen molar-refractivity contribution in [2.75, 3.05) is 6.61 Å². The molecule has 0 aliphatic heterocycles. The zero-order valence-corrected chi connectivity index (χ0v) is 9.09. The smallest absolute Gasteiger partial charge is 0.318 e. The van der Waals surface area contributed by atoms with Crippen LogP contribution in [0.1, 0.15) is 20.8 Å². The molecule has 72 valence electrons. The summed E-state index contributed by atoms with van der Waals surface area (Å²) in [5, 5.41) is 8.53. The Morgan fingerprint density at radius 3 is 1.92 bits per heavy atom. The largest absolute Gasteiger partial charge is 0.517 e. The maximum absolute atomic E-state index is 10.9. The van der Waals surface area contributed by atoms with E-state index in [1.54, 1.807) is 0 Å². The number of hydrogen-bond acceptors (Lipinski definition) is 3. The van der Waals surface area contributed by atoms with E-state index in [4.69, 9.17) is 9.53 Å². The number of hydrogen-bond donors (Lipinski definition) is 1. The highest BCUT2D eigenvalue weighted by Gasteiger charge is 2.32. The number of rotatable bonds is 5. The monoisotopic (exact) mass is 190 g/mol. The lowest BCUT2D eigenvalue weighted by molar-refractivity contribution is -0.138. The molecule has 0 aromatic rings. The van der Waals surface area contributed by atoms with Gasteiger partial charge in [0, 0.05) is 0 Å². The number of aliphatic hydroxyl groups is 1. The number of aliphatic hydroxyl groups excluding tert-OH is 1. The Bertz CT molecular complexity index is 135. The summed E-state index contributed by atoms with van der Waals surface area (Å²) in [5.74, 6) is -0.466. The third-order valence-corrected chi connectivity index (χ3v) is 6.92. The van der Waals surface area contributed by atoms with Gasteiger partial charge in [-0.15, -0.1) is 0 Å². The van der Waals surface area contributed by atoms with Crippen LogP contribution in [0, 0.1) is 0 Å². The van der Waals surface area contributed by atoms with E-state index in [-0.39, 0.29) is 0 Å². The van der Waals surface area contributed by atoms with Crippen molar-refractivity contribution >= 4 is 14.3 Å². The molecule has 0 saturated carbocycles. The lowest BCUT2D eigenvalue weighted by atomic mass is 10.8. The van der Waals surface area contributed by atoms with E-state index < -0.39 is 20.9 Å². The van der Waals surface area contributed by atoms with Gasteiger partial charge in [-0.25, -0.2) is 0 Å². The summed E-state index contributed by atoms with van der Waals surface area (Å²) < 4.78 is 5.28. The first-order valence-electron chi connectivity index (χ1n) is 4.46. The Morgan fingerprint density at radius 1 is 1.25 bits per heavy atom. The molecule has 0 aliphatic rings. The normalized spacial score (nSPS) is 11.3. The highest BCUT2D eigenvalue weighted by molar-refractivity contribution is 6.74. The average molecular weight is 190 g/mol. The Morgan fingerprint density at radius 2 is 1.67 bits per heavy atom. The maximum atomic E-state index is 10.9. The molecule has 0 atom stereocenters. The Kier molecular flexibility index (Phi) is 5.16. The summed E-state index contributed by atoms with van der Waals surface area (Å²) >= 11 is 0. The first-order valence-corrected chi connectivity index (χ1v) is 6.99. The molecule has 1 N–H and O–H groups in total. The van der Waals surface area contributed by atoms with Crippen LogP contribution >= 0.6 is 0 Å². The summed E-state index contributed by atoms with van der Waals surface area (Å²) in [4.78, 5) is 10.9. The minimum atomic E-state index is -1.81. The van der Waals surface area contributed by atoms with Gasteiger partial charge in [-0.2, -0.15) is 0 Å². The van der Waals surface area contributed by atoms with Crippen LogP contribution in [-0.4, -0.2) is 26.0 Å². The highest BCUT2D eigenvalue weighted by atomic mass is 28.4. The van der Waals surface area contributed by atoms with Gasteiger partial charge in [0.05, 0.1) is 0 Å². The van der Waals surface area contributed by atoms with Crippen molar-refractivity contribution < 1.29 is 14.3 Å². The summed E-state index contributed by atoms with van der Waals surface area (Å²) in [6.07, 6.45) is 0. The molecular weight excluding hydrogens is 172 g/mol. The predicted octanol–water partition coefficient (Wildman–Crippen LogP) is 1.53. The SMILES string of the molecule is CC[Si](CC)(CC)OC(=O)CO. The Balaban J connectivity index is 4.19. The summed E-state index contributed by atoms with van der Waals surface area (Å²) in [7, 11) is -1.81. The molecule has 0 spiro atoms. The zero-order chi connectivity index (χ0) is 9.61. The Hall–Kier alpha value is -0.353. The fraction of sp³-hybridized carbons (Fsp3) is 0.875. The molecule has 0 radical (unpaired) electrons. The van der Waals surface area contributed by atoms with E-state index >= 15 is 0 Å². The molecular formula is C8H18O3Si. The summed E-state index contributed by atoms with van der Waals surface area (Å²) in [6.45, 7) is 5.65. The first kappa shape index (κ1) is 11.6. The summed E-state index contributed by atoms with van der Waals surface area (Å²) in [5.41, 5.74) is 0. The lowest BCUT2D eigenvalue weighted by Crippen LogP contribution is -2.39. The van der Waals surface area contributed by atoms with Crippen molar-refractivity contribution in [3.8, 4) is 0 Å². The van der Waals surface area contributed by atoms with Crippen LogP contribution in [0.4, 0.5) is 0 Å². The van der Waals surface area contributed by atoms with Crippen LogP contribution in [0.25, 0.3) is 0 Å². The third-order valence-electron chi connectivity index (χ3n) is 2.39. The van der Waals surface area contributed by atoms with Crippen molar-refractivity contribution in [3.05, 3.63) is 0 Å². The van der Waals surface area contributed by atoms with E-state index in [0.717, 1.165) is 18.1 Å². The van der Waals surface area contributed by atoms with Crippen molar-refractivity contribution in [2.24, 2.45) is 0 Å². The van der Waals surface area contributed by atoms with Gasteiger partial charge in [-0.3, -0.25) is 4.79 Å². The topological polar surface area (TPSA) is 46.5 Å². The van der Waals surface area contributed by atoms with Crippen LogP contribution in [0.3, 0.4) is 0 Å². The molecule has 0 rings (SSSR count).